The number of hydrogen-bond donors (Lipinski definition) is 2. The van der Waals surface area contributed by atoms with E-state index in [4.69, 9.17) is 14.3 Å². The molecule has 0 radical (unpaired) electrons. The van der Waals surface area contributed by atoms with Crippen LogP contribution in [0, 0.1) is 13.8 Å². The van der Waals surface area contributed by atoms with Crippen molar-refractivity contribution in [3.8, 4) is 5.75 Å². The first kappa shape index (κ1) is 17.0. The molecule has 2 aromatic rings. The molecule has 8 heteroatoms. The van der Waals surface area contributed by atoms with Gasteiger partial charge in [0, 0.05) is 12.6 Å². The number of aryl methyl sites for hydroxylation is 2. The van der Waals surface area contributed by atoms with Crippen LogP contribution in [0.25, 0.3) is 0 Å². The minimum Gasteiger partial charge on any atom is -0.492 e. The van der Waals surface area contributed by atoms with Gasteiger partial charge < -0.3 is 14.3 Å². The summed E-state index contributed by atoms with van der Waals surface area (Å²) in [5, 5.41) is 8.31. The second-order valence-corrected chi connectivity index (χ2v) is 6.73. The van der Waals surface area contributed by atoms with Crippen LogP contribution in [0.4, 0.5) is 0 Å². The van der Waals surface area contributed by atoms with Crippen LogP contribution in [0.5, 0.6) is 5.75 Å². The molecule has 124 valence electrons. The average Bonchev–Trinajstić information content (AvgIpc) is 2.93. The van der Waals surface area contributed by atoms with Crippen LogP contribution in [0.2, 0.25) is 0 Å². The fourth-order valence-corrected chi connectivity index (χ4v) is 2.95. The monoisotopic (exact) mass is 339 g/mol. The maximum absolute atomic E-state index is 11.9. The van der Waals surface area contributed by atoms with Crippen molar-refractivity contribution in [1.82, 2.24) is 4.72 Å². The fourth-order valence-electron chi connectivity index (χ4n) is 2.00. The van der Waals surface area contributed by atoms with Gasteiger partial charge in [-0.2, -0.15) is 0 Å². The molecule has 2 N–H and O–H groups in total. The quantitative estimate of drug-likeness (QED) is 0.747. The number of carbonyl (C=O) groups is 1. The Morgan fingerprint density at radius 3 is 2.43 bits per heavy atom. The number of rotatable bonds is 7. The van der Waals surface area contributed by atoms with Crippen LogP contribution in [0.3, 0.4) is 0 Å². The highest BCUT2D eigenvalue weighted by molar-refractivity contribution is 7.89. The summed E-state index contributed by atoms with van der Waals surface area (Å²) in [5.74, 6) is -0.596. The van der Waals surface area contributed by atoms with Crippen LogP contribution in [-0.4, -0.2) is 32.6 Å². The third-order valence-corrected chi connectivity index (χ3v) is 4.27. The topological polar surface area (TPSA) is 106 Å². The summed E-state index contributed by atoms with van der Waals surface area (Å²) in [5.41, 5.74) is 1.88. The molecular weight excluding hydrogens is 322 g/mol. The average molecular weight is 339 g/mol. The summed E-state index contributed by atoms with van der Waals surface area (Å²) in [6, 6.07) is 6.67. The molecule has 0 aliphatic carbocycles. The molecule has 0 fully saturated rings. The van der Waals surface area contributed by atoms with Crippen molar-refractivity contribution in [3.63, 3.8) is 0 Å². The molecule has 0 aliphatic rings. The van der Waals surface area contributed by atoms with E-state index in [-0.39, 0.29) is 18.7 Å². The van der Waals surface area contributed by atoms with Gasteiger partial charge in [0.25, 0.3) is 10.0 Å². The van der Waals surface area contributed by atoms with Crippen LogP contribution in [0.1, 0.15) is 21.5 Å². The number of hydrogen-bond acceptors (Lipinski definition) is 5. The maximum atomic E-state index is 11.9. The predicted molar refractivity (Wildman–Crippen MR) is 82.3 cm³/mol. The Bertz CT molecular complexity index is 789. The lowest BCUT2D eigenvalue weighted by Gasteiger charge is -2.09. The molecule has 7 nitrogen and oxygen atoms in total. The molecule has 0 unspecified atom stereocenters. The van der Waals surface area contributed by atoms with Crippen LogP contribution < -0.4 is 9.46 Å². The standard InChI is InChI=1S/C15H17NO6S/c1-10-5-11(2)7-13(6-10)21-4-3-16-23(19,20)14-8-12(9-22-14)15(17)18/h5-9,16H,3-4H2,1-2H3,(H,17,18). The summed E-state index contributed by atoms with van der Waals surface area (Å²) >= 11 is 0. The number of benzene rings is 1. The van der Waals surface area contributed by atoms with Gasteiger partial charge >= 0.3 is 5.97 Å². The van der Waals surface area contributed by atoms with Crippen molar-refractivity contribution >= 4 is 16.0 Å². The number of carboxylic acid groups (broad SMARTS) is 1. The summed E-state index contributed by atoms with van der Waals surface area (Å²) in [4.78, 5) is 10.7. The second-order valence-electron chi connectivity index (χ2n) is 5.03. The highest BCUT2D eigenvalue weighted by Crippen LogP contribution is 2.16. The van der Waals surface area contributed by atoms with Crippen LogP contribution >= 0.6 is 0 Å². The Kier molecular flexibility index (Phi) is 5.07. The molecular formula is C15H17NO6S. The van der Waals surface area contributed by atoms with Gasteiger partial charge in [-0.25, -0.2) is 17.9 Å². The highest BCUT2D eigenvalue weighted by Gasteiger charge is 2.20. The molecule has 2 rings (SSSR count). The Balaban J connectivity index is 1.90. The first-order valence-electron chi connectivity index (χ1n) is 6.80. The Labute approximate surface area is 133 Å². The van der Waals surface area contributed by atoms with Gasteiger partial charge in [-0.15, -0.1) is 0 Å². The summed E-state index contributed by atoms with van der Waals surface area (Å²) in [6.07, 6.45) is 0.878. The molecule has 0 amide bonds. The molecule has 0 spiro atoms. The molecule has 0 atom stereocenters. The molecule has 0 bridgehead atoms. The largest absolute Gasteiger partial charge is 0.492 e. The van der Waals surface area contributed by atoms with Crippen molar-refractivity contribution in [2.45, 2.75) is 18.9 Å². The summed E-state index contributed by atoms with van der Waals surface area (Å²) in [6.45, 7) is 4.05. The van der Waals surface area contributed by atoms with E-state index in [1.807, 2.05) is 32.0 Å². The zero-order chi connectivity index (χ0) is 17.0. The molecule has 0 saturated carbocycles. The van der Waals surface area contributed by atoms with Gasteiger partial charge in [0.15, 0.2) is 0 Å². The van der Waals surface area contributed by atoms with Gasteiger partial charge in [0.05, 0.1) is 5.56 Å². The number of aromatic carboxylic acids is 1. The van der Waals surface area contributed by atoms with E-state index in [1.54, 1.807) is 0 Å². The van der Waals surface area contributed by atoms with Crippen LogP contribution in [-0.2, 0) is 10.0 Å². The van der Waals surface area contributed by atoms with E-state index < -0.39 is 21.1 Å². The minimum atomic E-state index is -3.90. The lowest BCUT2D eigenvalue weighted by molar-refractivity contribution is 0.0696. The third kappa shape index (κ3) is 4.57. The maximum Gasteiger partial charge on any atom is 0.339 e. The second kappa shape index (κ2) is 6.84. The zero-order valence-corrected chi connectivity index (χ0v) is 13.5. The van der Waals surface area contributed by atoms with Gasteiger partial charge in [-0.05, 0) is 37.1 Å². The molecule has 0 aliphatic heterocycles. The van der Waals surface area contributed by atoms with Crippen molar-refractivity contribution in [2.75, 3.05) is 13.2 Å². The predicted octanol–water partition coefficient (Wildman–Crippen LogP) is 1.95. The molecule has 23 heavy (non-hydrogen) atoms. The Morgan fingerprint density at radius 2 is 1.87 bits per heavy atom. The number of furan rings is 1. The third-order valence-electron chi connectivity index (χ3n) is 2.95. The normalized spacial score (nSPS) is 11.4. The molecule has 1 heterocycles. The first-order valence-corrected chi connectivity index (χ1v) is 8.29. The molecule has 1 aromatic heterocycles. The van der Waals surface area contributed by atoms with Gasteiger partial charge in [-0.3, -0.25) is 0 Å². The van der Waals surface area contributed by atoms with E-state index in [1.165, 1.54) is 0 Å². The van der Waals surface area contributed by atoms with Crippen molar-refractivity contribution in [1.29, 1.82) is 0 Å². The van der Waals surface area contributed by atoms with Crippen molar-refractivity contribution in [2.24, 2.45) is 0 Å². The van der Waals surface area contributed by atoms with E-state index in [0.717, 1.165) is 23.5 Å². The lowest BCUT2D eigenvalue weighted by Crippen LogP contribution is -2.28. The van der Waals surface area contributed by atoms with Crippen molar-refractivity contribution < 1.29 is 27.5 Å². The SMILES string of the molecule is Cc1cc(C)cc(OCCNS(=O)(=O)c2cc(C(=O)O)co2)c1. The Morgan fingerprint density at radius 1 is 1.22 bits per heavy atom. The number of nitrogens with one attached hydrogen (secondary N) is 1. The van der Waals surface area contributed by atoms with E-state index in [0.29, 0.717) is 5.75 Å². The van der Waals surface area contributed by atoms with Crippen molar-refractivity contribution in [3.05, 3.63) is 47.2 Å². The summed E-state index contributed by atoms with van der Waals surface area (Å²) < 4.78 is 36.4. The van der Waals surface area contributed by atoms with Crippen LogP contribution in [0.15, 0.2) is 40.0 Å². The van der Waals surface area contributed by atoms with Gasteiger partial charge in [0.2, 0.25) is 5.09 Å². The first-order chi connectivity index (χ1) is 10.8. The minimum absolute atomic E-state index is 0.0262. The molecule has 1 aromatic carbocycles. The smallest absolute Gasteiger partial charge is 0.339 e. The van der Waals surface area contributed by atoms with E-state index in [2.05, 4.69) is 4.72 Å². The van der Waals surface area contributed by atoms with Gasteiger partial charge in [-0.1, -0.05) is 6.07 Å². The fraction of sp³-hybridized carbons (Fsp3) is 0.267. The van der Waals surface area contributed by atoms with Gasteiger partial charge in [0.1, 0.15) is 18.6 Å². The summed E-state index contributed by atoms with van der Waals surface area (Å²) in [7, 11) is -3.90. The Hall–Kier alpha value is -2.32. The number of ether oxygens (including phenoxy) is 1. The highest BCUT2D eigenvalue weighted by atomic mass is 32.2. The van der Waals surface area contributed by atoms with E-state index in [9.17, 15) is 13.2 Å². The lowest BCUT2D eigenvalue weighted by atomic mass is 10.1. The number of sulfonamides is 1. The van der Waals surface area contributed by atoms with E-state index >= 15 is 0 Å². The molecule has 0 saturated heterocycles. The number of carboxylic acids is 1. The zero-order valence-electron chi connectivity index (χ0n) is 12.7.